The van der Waals surface area contributed by atoms with Gasteiger partial charge in [0.05, 0.1) is 6.10 Å². The predicted octanol–water partition coefficient (Wildman–Crippen LogP) is 4.30. The summed E-state index contributed by atoms with van der Waals surface area (Å²) in [6.45, 7) is 4.94. The molecule has 1 heterocycles. The number of rotatable bonds is 1. The maximum Gasteiger partial charge on any atom is 0.220 e. The van der Waals surface area contributed by atoms with E-state index in [1.165, 1.54) is 51.4 Å². The second kappa shape index (κ2) is 6.00. The molecule has 0 aromatic rings. The molecule has 1 N–H and O–H groups in total. The summed E-state index contributed by atoms with van der Waals surface area (Å²) in [5.74, 6) is 3.52. The number of hydrogen-bond donors (Lipinski definition) is 1. The van der Waals surface area contributed by atoms with Crippen molar-refractivity contribution >= 4 is 5.91 Å². The molecule has 1 saturated heterocycles. The number of nitrogens with one attached hydrogen (secondary N) is 1. The number of carbonyl (C=O) groups excluding carboxylic acids is 1. The molecule has 4 fully saturated rings. The zero-order valence-electron chi connectivity index (χ0n) is 15.8. The monoisotopic (exact) mass is 333 g/mol. The fraction of sp³-hybridized carbons (Fsp3) is 0.952. The maximum absolute atomic E-state index is 12.1. The normalized spacial score (nSPS) is 51.6. The number of hydrogen-bond acceptors (Lipinski definition) is 2. The summed E-state index contributed by atoms with van der Waals surface area (Å²) in [6.07, 6.45) is 12.6. The molecule has 3 heteroatoms. The van der Waals surface area contributed by atoms with Gasteiger partial charge in [-0.05, 0) is 93.8 Å². The van der Waals surface area contributed by atoms with Crippen molar-refractivity contribution < 1.29 is 9.53 Å². The zero-order chi connectivity index (χ0) is 16.9. The van der Waals surface area contributed by atoms with Gasteiger partial charge in [-0.25, -0.2) is 0 Å². The Balaban J connectivity index is 1.59. The van der Waals surface area contributed by atoms with E-state index in [4.69, 9.17) is 4.74 Å². The number of methoxy groups -OCH3 is 1. The molecular formula is C21H35NO2. The minimum Gasteiger partial charge on any atom is -0.381 e. The van der Waals surface area contributed by atoms with Gasteiger partial charge in [-0.2, -0.15) is 0 Å². The van der Waals surface area contributed by atoms with E-state index in [2.05, 4.69) is 19.2 Å². The number of ether oxygens (including phenoxy) is 1. The quantitative estimate of drug-likeness (QED) is 0.777. The number of fused-ring (bicyclic) bond motifs is 5. The fourth-order valence-electron chi connectivity index (χ4n) is 7.30. The molecule has 0 bridgehead atoms. The number of amides is 1. The Morgan fingerprint density at radius 3 is 2.67 bits per heavy atom. The van der Waals surface area contributed by atoms with E-state index < -0.39 is 0 Å². The molecule has 3 nitrogen and oxygen atoms in total. The van der Waals surface area contributed by atoms with Gasteiger partial charge < -0.3 is 10.1 Å². The van der Waals surface area contributed by atoms with Gasteiger partial charge in [-0.15, -0.1) is 0 Å². The van der Waals surface area contributed by atoms with E-state index in [1.54, 1.807) is 0 Å². The van der Waals surface area contributed by atoms with Crippen molar-refractivity contribution in [2.75, 3.05) is 7.11 Å². The van der Waals surface area contributed by atoms with Crippen LogP contribution < -0.4 is 5.32 Å². The number of carbonyl (C=O) groups is 1. The molecule has 0 aromatic carbocycles. The molecule has 3 aliphatic carbocycles. The van der Waals surface area contributed by atoms with Crippen LogP contribution in [0.4, 0.5) is 0 Å². The van der Waals surface area contributed by atoms with Gasteiger partial charge >= 0.3 is 0 Å². The van der Waals surface area contributed by atoms with Crippen LogP contribution in [0.3, 0.4) is 0 Å². The third kappa shape index (κ3) is 2.53. The summed E-state index contributed by atoms with van der Waals surface area (Å²) in [4.78, 5) is 12.1. The maximum atomic E-state index is 12.1. The van der Waals surface area contributed by atoms with E-state index in [0.717, 1.165) is 30.6 Å². The van der Waals surface area contributed by atoms with Gasteiger partial charge in [-0.1, -0.05) is 6.92 Å². The average Bonchev–Trinajstić information content (AvgIpc) is 2.71. The van der Waals surface area contributed by atoms with Crippen LogP contribution in [0.2, 0.25) is 0 Å². The highest BCUT2D eigenvalue weighted by Crippen LogP contribution is 2.62. The van der Waals surface area contributed by atoms with E-state index in [-0.39, 0.29) is 5.54 Å². The van der Waals surface area contributed by atoms with E-state index in [1.807, 2.05) is 7.11 Å². The van der Waals surface area contributed by atoms with Crippen molar-refractivity contribution in [1.29, 1.82) is 0 Å². The molecule has 0 unspecified atom stereocenters. The molecular weight excluding hydrogens is 298 g/mol. The second-order valence-corrected chi connectivity index (χ2v) is 9.69. The minimum absolute atomic E-state index is 0.0572. The molecule has 0 aromatic heterocycles. The van der Waals surface area contributed by atoms with Crippen molar-refractivity contribution in [2.24, 2.45) is 29.1 Å². The molecule has 4 rings (SSSR count). The second-order valence-electron chi connectivity index (χ2n) is 9.69. The Hall–Kier alpha value is -0.570. The molecule has 3 saturated carbocycles. The third-order valence-corrected chi connectivity index (χ3v) is 8.68. The molecule has 7 atom stereocenters. The molecule has 136 valence electrons. The van der Waals surface area contributed by atoms with Gasteiger partial charge in [0.1, 0.15) is 0 Å². The summed E-state index contributed by atoms with van der Waals surface area (Å²) >= 11 is 0. The molecule has 1 aliphatic heterocycles. The summed E-state index contributed by atoms with van der Waals surface area (Å²) in [6, 6.07) is 0. The summed E-state index contributed by atoms with van der Waals surface area (Å²) in [5.41, 5.74) is 0.567. The highest BCUT2D eigenvalue weighted by atomic mass is 16.5. The third-order valence-electron chi connectivity index (χ3n) is 8.68. The van der Waals surface area contributed by atoms with Gasteiger partial charge in [0.2, 0.25) is 5.91 Å². The van der Waals surface area contributed by atoms with Crippen LogP contribution in [0, 0.1) is 29.1 Å². The first kappa shape index (κ1) is 16.9. The lowest BCUT2D eigenvalue weighted by Gasteiger charge is -2.61. The minimum atomic E-state index is 0.0572. The molecule has 0 radical (unpaired) electrons. The standard InChI is InChI=1S/C21H35NO2/c1-20-11-9-15(24-3)13-14(20)7-8-16-17(20)10-12-21(2)18(16)5-4-6-19(23)22-21/h14-18H,4-13H2,1-3H3,(H,22,23)/t14-,15-,16+,17-,18-,20-,21-/m0/s1. The Morgan fingerprint density at radius 1 is 1.04 bits per heavy atom. The summed E-state index contributed by atoms with van der Waals surface area (Å²) in [7, 11) is 1.89. The predicted molar refractivity (Wildman–Crippen MR) is 95.6 cm³/mol. The van der Waals surface area contributed by atoms with Crippen molar-refractivity contribution in [1.82, 2.24) is 5.32 Å². The highest BCUT2D eigenvalue weighted by Gasteiger charge is 2.57. The molecule has 0 spiro atoms. The molecule has 4 aliphatic rings. The van der Waals surface area contributed by atoms with Crippen LogP contribution in [-0.4, -0.2) is 24.7 Å². The van der Waals surface area contributed by atoms with E-state index in [9.17, 15) is 4.79 Å². The fourth-order valence-corrected chi connectivity index (χ4v) is 7.30. The van der Waals surface area contributed by atoms with Gasteiger partial charge in [0.25, 0.3) is 0 Å². The molecule has 1 amide bonds. The van der Waals surface area contributed by atoms with Crippen LogP contribution in [-0.2, 0) is 9.53 Å². The summed E-state index contributed by atoms with van der Waals surface area (Å²) < 4.78 is 5.70. The topological polar surface area (TPSA) is 38.3 Å². The summed E-state index contributed by atoms with van der Waals surface area (Å²) in [5, 5.41) is 3.43. The first-order valence-electron chi connectivity index (χ1n) is 10.3. The van der Waals surface area contributed by atoms with Crippen LogP contribution >= 0.6 is 0 Å². The Morgan fingerprint density at radius 2 is 1.88 bits per heavy atom. The average molecular weight is 334 g/mol. The van der Waals surface area contributed by atoms with Gasteiger partial charge in [-0.3, -0.25) is 4.79 Å². The van der Waals surface area contributed by atoms with Crippen LogP contribution in [0.25, 0.3) is 0 Å². The van der Waals surface area contributed by atoms with Crippen LogP contribution in [0.15, 0.2) is 0 Å². The Labute approximate surface area is 147 Å². The first-order chi connectivity index (χ1) is 11.5. The van der Waals surface area contributed by atoms with Crippen molar-refractivity contribution in [3.05, 3.63) is 0 Å². The lowest BCUT2D eigenvalue weighted by molar-refractivity contribution is -0.131. The SMILES string of the molecule is CO[C@H]1CC[C@@]2(C)[C@@H](CC[C@@H]3[C@@H]2CC[C@]2(C)NC(=O)CCC[C@@H]32)C1. The first-order valence-corrected chi connectivity index (χ1v) is 10.3. The smallest absolute Gasteiger partial charge is 0.220 e. The van der Waals surface area contributed by atoms with Crippen molar-refractivity contribution in [3.63, 3.8) is 0 Å². The lowest BCUT2D eigenvalue weighted by Crippen LogP contribution is -2.60. The zero-order valence-corrected chi connectivity index (χ0v) is 15.8. The van der Waals surface area contributed by atoms with Gasteiger partial charge in [0.15, 0.2) is 0 Å². The Kier molecular flexibility index (Phi) is 4.22. The molecule has 24 heavy (non-hydrogen) atoms. The Bertz CT molecular complexity index is 506. The highest BCUT2D eigenvalue weighted by molar-refractivity contribution is 5.77. The largest absolute Gasteiger partial charge is 0.381 e. The van der Waals surface area contributed by atoms with Gasteiger partial charge in [0, 0.05) is 19.1 Å². The lowest BCUT2D eigenvalue weighted by atomic mass is 9.45. The van der Waals surface area contributed by atoms with Crippen molar-refractivity contribution in [2.45, 2.75) is 89.7 Å². The van der Waals surface area contributed by atoms with E-state index in [0.29, 0.717) is 23.3 Å². The van der Waals surface area contributed by atoms with Crippen LogP contribution in [0.5, 0.6) is 0 Å². The van der Waals surface area contributed by atoms with E-state index >= 15 is 0 Å². The van der Waals surface area contributed by atoms with Crippen LogP contribution in [0.1, 0.15) is 78.1 Å². The van der Waals surface area contributed by atoms with Crippen molar-refractivity contribution in [3.8, 4) is 0 Å².